The molecule has 20 nitrogen and oxygen atoms in total. The zero-order valence-electron chi connectivity index (χ0n) is 61.6. The molecule has 0 aromatic heterocycles. The standard InChI is InChI=1S/C43H50N2O9.C39H50N2O7/c1-25-17-29-18-30(20-46)44-36(34(29)37(47)38(25)49-6)32-19-31-35(41-40(52-24-53-41)26(2)39(31)51-22-28-15-11-8-12-16-28)33(45(32)42(48)54-43(3,4)5)23-50-21-27-13-9-7-10-14-27;1-10-29-32-28(35(24(4)36-37(32)47-21-46-36)45-20-25-14-12-11-13-15-25)18-30(41(29)38(43)48-39(5,6)7)33-31-23(3)34(44-9)22(2)16-26(31)17-27(19-42)40(33)8/h7-17,30,32-33,36,44,46-47H,18-24H2,1-6H3;11-16,27,29-30,33,42H,10,17-21H2,1-9H3/t30-,32-,33-,36?;27?,29-,30-,33-/m00/s1. The lowest BCUT2D eigenvalue weighted by molar-refractivity contribution is -0.0271. The van der Waals surface area contributed by atoms with Crippen molar-refractivity contribution in [1.29, 1.82) is 0 Å². The summed E-state index contributed by atoms with van der Waals surface area (Å²) in [4.78, 5) is 35.2. The second-order valence-electron chi connectivity index (χ2n) is 29.6. The summed E-state index contributed by atoms with van der Waals surface area (Å²) in [6.45, 7) is 24.4. The van der Waals surface area contributed by atoms with E-state index in [2.05, 4.69) is 56.2 Å². The molecule has 13 rings (SSSR count). The molecule has 0 aliphatic carbocycles. The van der Waals surface area contributed by atoms with Gasteiger partial charge in [-0.2, -0.15) is 0 Å². The van der Waals surface area contributed by atoms with E-state index in [1.807, 2.05) is 152 Å². The molecular formula is C82H100N4O16. The molecule has 2 amide bonds. The Morgan fingerprint density at radius 3 is 1.49 bits per heavy atom. The predicted octanol–water partition coefficient (Wildman–Crippen LogP) is 14.1. The van der Waals surface area contributed by atoms with Crippen molar-refractivity contribution in [2.45, 2.75) is 195 Å². The van der Waals surface area contributed by atoms with E-state index in [9.17, 15) is 24.9 Å². The number of carbonyl (C=O) groups is 2. The van der Waals surface area contributed by atoms with Gasteiger partial charge in [-0.1, -0.05) is 110 Å². The normalized spacial score (nSPS) is 21.0. The number of likely N-dealkylation sites (N-methyl/N-ethyl adjacent to an activating group) is 1. The van der Waals surface area contributed by atoms with Crippen molar-refractivity contribution in [2.24, 2.45) is 0 Å². The summed E-state index contributed by atoms with van der Waals surface area (Å²) in [5.74, 6) is 5.04. The first-order valence-electron chi connectivity index (χ1n) is 35.5. The first-order chi connectivity index (χ1) is 48.9. The molecule has 4 N–H and O–H groups in total. The second kappa shape index (κ2) is 30.2. The number of aryl methyl sites for hydroxylation is 2. The van der Waals surface area contributed by atoms with Crippen molar-refractivity contribution in [3.63, 3.8) is 0 Å². The van der Waals surface area contributed by atoms with Gasteiger partial charge in [-0.15, -0.1) is 0 Å². The quantitative estimate of drug-likeness (QED) is 0.0666. The van der Waals surface area contributed by atoms with E-state index in [-0.39, 0.29) is 81.9 Å². The monoisotopic (exact) mass is 1400 g/mol. The highest BCUT2D eigenvalue weighted by atomic mass is 16.7. The average Bonchev–Trinajstić information content (AvgIpc) is 1.16. The molecule has 6 aliphatic heterocycles. The largest absolute Gasteiger partial charge is 0.504 e. The van der Waals surface area contributed by atoms with Gasteiger partial charge in [-0.05, 0) is 165 Å². The zero-order chi connectivity index (χ0) is 72.6. The van der Waals surface area contributed by atoms with E-state index >= 15 is 0 Å². The third-order valence-corrected chi connectivity index (χ3v) is 20.5. The number of methoxy groups -OCH3 is 2. The molecule has 102 heavy (non-hydrogen) atoms. The highest BCUT2D eigenvalue weighted by Gasteiger charge is 2.53. The number of phenolic OH excluding ortho intramolecular Hbond substituents is 1. The lowest BCUT2D eigenvalue weighted by Gasteiger charge is -2.52. The highest BCUT2D eigenvalue weighted by molar-refractivity contribution is 5.76. The maximum Gasteiger partial charge on any atom is 0.411 e. The Kier molecular flexibility index (Phi) is 21.6. The van der Waals surface area contributed by atoms with Crippen LogP contribution in [0.3, 0.4) is 0 Å². The van der Waals surface area contributed by atoms with Crippen LogP contribution < -0.4 is 43.2 Å². The Morgan fingerprint density at radius 1 is 0.549 bits per heavy atom. The van der Waals surface area contributed by atoms with E-state index in [1.165, 1.54) is 12.7 Å². The number of amides is 2. The fourth-order valence-electron chi connectivity index (χ4n) is 16.3. The zero-order valence-corrected chi connectivity index (χ0v) is 61.6. The molecule has 7 aromatic carbocycles. The Labute approximate surface area is 599 Å². The number of aliphatic hydroxyl groups excluding tert-OH is 2. The number of benzene rings is 7. The van der Waals surface area contributed by atoms with Crippen LogP contribution in [0, 0.1) is 34.6 Å². The lowest BCUT2D eigenvalue weighted by atomic mass is 9.75. The maximum atomic E-state index is 14.8. The molecule has 0 saturated carbocycles. The number of ether oxygens (including phenoxy) is 11. The van der Waals surface area contributed by atoms with Crippen molar-refractivity contribution >= 4 is 12.2 Å². The van der Waals surface area contributed by atoms with Gasteiger partial charge < -0.3 is 72.7 Å². The van der Waals surface area contributed by atoms with Gasteiger partial charge in [0, 0.05) is 51.0 Å². The Bertz CT molecular complexity index is 4190. The van der Waals surface area contributed by atoms with Crippen LogP contribution >= 0.6 is 0 Å². The first-order valence-corrected chi connectivity index (χ1v) is 35.5. The summed E-state index contributed by atoms with van der Waals surface area (Å²) in [5, 5.41) is 36.8. The van der Waals surface area contributed by atoms with Gasteiger partial charge in [0.05, 0.1) is 76.9 Å². The summed E-state index contributed by atoms with van der Waals surface area (Å²) in [5.41, 5.74) is 13.3. The van der Waals surface area contributed by atoms with Crippen LogP contribution in [0.15, 0.2) is 103 Å². The van der Waals surface area contributed by atoms with Crippen molar-refractivity contribution < 1.29 is 77.0 Å². The molecule has 20 heteroatoms. The van der Waals surface area contributed by atoms with Crippen molar-refractivity contribution in [1.82, 2.24) is 20.0 Å². The third-order valence-electron chi connectivity index (χ3n) is 20.5. The van der Waals surface area contributed by atoms with Gasteiger partial charge in [0.2, 0.25) is 13.6 Å². The van der Waals surface area contributed by atoms with Gasteiger partial charge in [0.25, 0.3) is 0 Å². The van der Waals surface area contributed by atoms with Crippen LogP contribution in [-0.2, 0) is 59.7 Å². The van der Waals surface area contributed by atoms with Crippen LogP contribution in [0.4, 0.5) is 9.59 Å². The first kappa shape index (κ1) is 72.9. The van der Waals surface area contributed by atoms with Gasteiger partial charge in [-0.25, -0.2) is 9.59 Å². The maximum absolute atomic E-state index is 14.8. The van der Waals surface area contributed by atoms with E-state index < -0.39 is 35.4 Å². The van der Waals surface area contributed by atoms with E-state index in [0.29, 0.717) is 85.6 Å². The fraction of sp³-hybridized carbons (Fsp3) is 0.463. The van der Waals surface area contributed by atoms with Crippen molar-refractivity contribution in [3.8, 4) is 51.7 Å². The number of phenols is 1. The minimum atomic E-state index is -0.829. The van der Waals surface area contributed by atoms with Gasteiger partial charge in [0.1, 0.15) is 41.7 Å². The van der Waals surface area contributed by atoms with Crippen LogP contribution in [0.2, 0.25) is 0 Å². The summed E-state index contributed by atoms with van der Waals surface area (Å²) in [6, 6.07) is 30.5. The molecule has 0 saturated heterocycles. The number of carbonyl (C=O) groups excluding carboxylic acids is 2. The fourth-order valence-corrected chi connectivity index (χ4v) is 16.3. The number of nitrogens with zero attached hydrogens (tertiary/aromatic N) is 3. The molecule has 6 aliphatic rings. The Morgan fingerprint density at radius 2 is 1.01 bits per heavy atom. The molecular weight excluding hydrogens is 1300 g/mol. The highest BCUT2D eigenvalue weighted by Crippen LogP contribution is 2.58. The van der Waals surface area contributed by atoms with E-state index in [4.69, 9.17) is 52.1 Å². The summed E-state index contributed by atoms with van der Waals surface area (Å²) < 4.78 is 68.5. The molecule has 0 radical (unpaired) electrons. The Hall–Kier alpha value is -8.92. The minimum Gasteiger partial charge on any atom is -0.504 e. The SMILES string of the molecule is CC[C@H]1c2c(c(OCc3ccccc3)c(C)c3c2OCO3)C[C@@H]([C@H]2c3c(cc(C)c(OC)c3C)CC(CO)N2C)N1C(=O)OC(C)(C)C.COc1c(C)cc2c(c1O)C([C@@H]1Cc3c(OCc4ccccc4)c(C)c4c(c3[C@H](COCc3ccccc3)N1C(=O)OC(C)(C)C)OCO4)N[C@H](CO)C2. The van der Waals surface area contributed by atoms with Crippen LogP contribution in [-0.4, -0.2) is 132 Å². The third kappa shape index (κ3) is 14.3. The number of hydrogen-bond donors (Lipinski definition) is 4. The van der Waals surface area contributed by atoms with E-state index in [0.717, 1.165) is 89.4 Å². The van der Waals surface area contributed by atoms with Crippen LogP contribution in [0.5, 0.6) is 51.7 Å². The number of rotatable bonds is 17. The van der Waals surface area contributed by atoms with Gasteiger partial charge in [-0.3, -0.25) is 14.7 Å². The van der Waals surface area contributed by atoms with Crippen LogP contribution in [0.1, 0.15) is 168 Å². The van der Waals surface area contributed by atoms with Crippen molar-refractivity contribution in [3.05, 3.63) is 192 Å². The second-order valence-corrected chi connectivity index (χ2v) is 29.6. The number of nitrogens with one attached hydrogen (secondary N) is 1. The number of aliphatic hydroxyl groups is 2. The number of hydrogen-bond acceptors (Lipinski definition) is 18. The Balaban J connectivity index is 0.000000194. The molecule has 0 spiro atoms. The summed E-state index contributed by atoms with van der Waals surface area (Å²) >= 11 is 0. The summed E-state index contributed by atoms with van der Waals surface area (Å²) in [7, 11) is 5.29. The van der Waals surface area contributed by atoms with Gasteiger partial charge in [0.15, 0.2) is 34.5 Å². The number of fused-ring (bicyclic) bond motifs is 8. The molecule has 2 unspecified atom stereocenters. The molecule has 8 atom stereocenters. The molecule has 544 valence electrons. The molecule has 0 fully saturated rings. The molecule has 7 aromatic rings. The van der Waals surface area contributed by atoms with Crippen LogP contribution in [0.25, 0.3) is 0 Å². The lowest BCUT2D eigenvalue weighted by Crippen LogP contribution is -2.58. The number of aromatic hydroxyl groups is 1. The van der Waals surface area contributed by atoms with Crippen molar-refractivity contribution in [2.75, 3.05) is 54.7 Å². The smallest absolute Gasteiger partial charge is 0.411 e. The van der Waals surface area contributed by atoms with Gasteiger partial charge >= 0.3 is 12.2 Å². The topological polar surface area (TPSA) is 218 Å². The minimum absolute atomic E-state index is 0.00405. The average molecular weight is 1400 g/mol. The predicted molar refractivity (Wildman–Crippen MR) is 387 cm³/mol. The molecule has 6 heterocycles. The van der Waals surface area contributed by atoms with E-state index in [1.54, 1.807) is 12.0 Å². The summed E-state index contributed by atoms with van der Waals surface area (Å²) in [6.07, 6.45) is 1.61. The molecule has 0 bridgehead atoms.